The van der Waals surface area contributed by atoms with Gasteiger partial charge in [0, 0.05) is 27.7 Å². The summed E-state index contributed by atoms with van der Waals surface area (Å²) in [5.74, 6) is 0. The highest BCUT2D eigenvalue weighted by molar-refractivity contribution is 6.22. The smallest absolute Gasteiger partial charge is 0.0624 e. The molecule has 0 bridgehead atoms. The summed E-state index contributed by atoms with van der Waals surface area (Å²) in [6.45, 7) is 4.79. The van der Waals surface area contributed by atoms with E-state index in [1.807, 2.05) is 0 Å². The van der Waals surface area contributed by atoms with Crippen LogP contribution in [0.15, 0.2) is 249 Å². The van der Waals surface area contributed by atoms with E-state index in [0.717, 1.165) is 17.1 Å². The van der Waals surface area contributed by atoms with Crippen molar-refractivity contribution >= 4 is 38.6 Å². The van der Waals surface area contributed by atoms with Crippen molar-refractivity contribution in [3.8, 4) is 66.8 Å². The molecule has 0 aromatic heterocycles. The maximum Gasteiger partial charge on any atom is 0.0624 e. The first-order chi connectivity index (χ1) is 32.5. The monoisotopic (exact) mass is 841 g/mol. The summed E-state index contributed by atoms with van der Waals surface area (Å²) in [5.41, 5.74) is 20.5. The Kier molecular flexibility index (Phi) is 9.58. The topological polar surface area (TPSA) is 3.24 Å². The second kappa shape index (κ2) is 16.1. The van der Waals surface area contributed by atoms with Crippen LogP contribution in [0.25, 0.3) is 88.3 Å². The quantitative estimate of drug-likeness (QED) is 0.138. The third kappa shape index (κ3) is 6.71. The van der Waals surface area contributed by atoms with Crippen LogP contribution >= 0.6 is 0 Å². The predicted octanol–water partition coefficient (Wildman–Crippen LogP) is 18.1. The fourth-order valence-corrected chi connectivity index (χ4v) is 10.5. The summed E-state index contributed by atoms with van der Waals surface area (Å²) in [6, 6.07) is 91.5. The van der Waals surface area contributed by atoms with Gasteiger partial charge in [-0.1, -0.05) is 226 Å². The van der Waals surface area contributed by atoms with Crippen LogP contribution in [0.5, 0.6) is 0 Å². The summed E-state index contributed by atoms with van der Waals surface area (Å²) in [5, 5.41) is 4.90. The summed E-state index contributed by atoms with van der Waals surface area (Å²) in [4.78, 5) is 2.54. The van der Waals surface area contributed by atoms with E-state index in [0.29, 0.717) is 0 Å². The highest BCUT2D eigenvalue weighted by Gasteiger charge is 2.37. The average Bonchev–Trinajstić information content (AvgIpc) is 3.62. The number of hydrogen-bond acceptors (Lipinski definition) is 1. The number of hydrogen-bond donors (Lipinski definition) is 0. The maximum absolute atomic E-state index is 2.54. The molecule has 1 nitrogen and oxygen atoms in total. The minimum Gasteiger partial charge on any atom is -0.309 e. The van der Waals surface area contributed by atoms with Crippen LogP contribution in [0, 0.1) is 0 Å². The first-order valence-corrected chi connectivity index (χ1v) is 23.0. The molecule has 0 heterocycles. The fraction of sp³-hybridized carbons (Fsp3) is 0.0462. The number of rotatable bonds is 8. The highest BCUT2D eigenvalue weighted by Crippen LogP contribution is 2.54. The lowest BCUT2D eigenvalue weighted by Gasteiger charge is -2.32. The molecule has 0 saturated carbocycles. The number of nitrogens with zero attached hydrogens (tertiary/aromatic N) is 1. The molecule has 0 saturated heterocycles. The largest absolute Gasteiger partial charge is 0.309 e. The van der Waals surface area contributed by atoms with Crippen LogP contribution in [0.3, 0.4) is 0 Å². The van der Waals surface area contributed by atoms with Gasteiger partial charge in [0.15, 0.2) is 0 Å². The summed E-state index contributed by atoms with van der Waals surface area (Å²) < 4.78 is 0. The van der Waals surface area contributed by atoms with Crippen LogP contribution < -0.4 is 4.90 Å². The number of fused-ring (bicyclic) bond motifs is 6. The van der Waals surface area contributed by atoms with Gasteiger partial charge in [0.1, 0.15) is 0 Å². The Morgan fingerprint density at radius 3 is 1.26 bits per heavy atom. The van der Waals surface area contributed by atoms with Crippen LogP contribution in [-0.4, -0.2) is 0 Å². The fourth-order valence-electron chi connectivity index (χ4n) is 10.5. The van der Waals surface area contributed by atoms with Gasteiger partial charge in [0.2, 0.25) is 0 Å². The Morgan fingerprint density at radius 1 is 0.273 bits per heavy atom. The zero-order chi connectivity index (χ0) is 44.2. The lowest BCUT2D eigenvalue weighted by Crippen LogP contribution is -2.17. The number of anilines is 3. The molecule has 11 aromatic rings. The Labute approximate surface area is 387 Å². The molecule has 0 spiro atoms. The van der Waals surface area contributed by atoms with E-state index in [1.54, 1.807) is 0 Å². The summed E-state index contributed by atoms with van der Waals surface area (Å²) in [7, 11) is 0. The molecular weight excluding hydrogens is 795 g/mol. The van der Waals surface area contributed by atoms with Crippen molar-refractivity contribution in [2.75, 3.05) is 4.90 Å². The minimum absolute atomic E-state index is 0.230. The third-order valence-corrected chi connectivity index (χ3v) is 13.9. The Hall–Kier alpha value is -8.26. The van der Waals surface area contributed by atoms with Crippen molar-refractivity contribution in [3.05, 3.63) is 260 Å². The van der Waals surface area contributed by atoms with Gasteiger partial charge in [0.05, 0.1) is 5.69 Å². The van der Waals surface area contributed by atoms with Crippen molar-refractivity contribution in [3.63, 3.8) is 0 Å². The highest BCUT2D eigenvalue weighted by atomic mass is 15.1. The molecule has 0 aliphatic heterocycles. The second-order valence-corrected chi connectivity index (χ2v) is 18.1. The lowest BCUT2D eigenvalue weighted by atomic mass is 9.81. The molecule has 312 valence electrons. The third-order valence-electron chi connectivity index (χ3n) is 13.9. The lowest BCUT2D eigenvalue weighted by molar-refractivity contribution is 0.660. The molecule has 0 unspecified atom stereocenters. The molecule has 0 amide bonds. The van der Waals surface area contributed by atoms with Gasteiger partial charge in [-0.3, -0.25) is 0 Å². The van der Waals surface area contributed by atoms with E-state index in [2.05, 4.69) is 267 Å². The zero-order valence-corrected chi connectivity index (χ0v) is 37.1. The predicted molar refractivity (Wildman–Crippen MR) is 281 cm³/mol. The standard InChI is InChI=1S/C65H47N/c1-65(2)61-42-52(46-21-10-5-11-22-46)35-39-57(61)58-40-38-54(43-62(58)65)66(53-36-33-48(34-37-53)51-24-16-23-50(41-51)45-19-8-4-9-20-45)64-60-28-15-13-26-56(60)55-25-12-14-27-59(55)63(64)49-31-29-47(30-32-49)44-17-6-3-7-18-44/h3-43H,1-2H3. The normalized spacial score (nSPS) is 12.5. The molecule has 12 rings (SSSR count). The van der Waals surface area contributed by atoms with E-state index in [1.165, 1.54) is 99.4 Å². The Bertz CT molecular complexity index is 3570. The van der Waals surface area contributed by atoms with Gasteiger partial charge in [-0.2, -0.15) is 0 Å². The van der Waals surface area contributed by atoms with Crippen LogP contribution in [0.1, 0.15) is 25.0 Å². The molecule has 0 N–H and O–H groups in total. The van der Waals surface area contributed by atoms with Crippen LogP contribution in [-0.2, 0) is 5.41 Å². The zero-order valence-electron chi connectivity index (χ0n) is 37.1. The van der Waals surface area contributed by atoms with Gasteiger partial charge >= 0.3 is 0 Å². The maximum atomic E-state index is 2.54. The molecule has 11 aromatic carbocycles. The van der Waals surface area contributed by atoms with Crippen molar-refractivity contribution in [2.24, 2.45) is 0 Å². The molecule has 0 radical (unpaired) electrons. The van der Waals surface area contributed by atoms with Gasteiger partial charge < -0.3 is 4.90 Å². The van der Waals surface area contributed by atoms with Crippen molar-refractivity contribution in [1.82, 2.24) is 0 Å². The minimum atomic E-state index is -0.230. The van der Waals surface area contributed by atoms with E-state index in [-0.39, 0.29) is 5.41 Å². The summed E-state index contributed by atoms with van der Waals surface area (Å²) >= 11 is 0. The molecular formula is C65H47N. The van der Waals surface area contributed by atoms with Crippen molar-refractivity contribution in [1.29, 1.82) is 0 Å². The summed E-state index contributed by atoms with van der Waals surface area (Å²) in [6.07, 6.45) is 0. The Balaban J connectivity index is 1.08. The second-order valence-electron chi connectivity index (χ2n) is 18.1. The number of benzene rings is 11. The molecule has 0 fully saturated rings. The van der Waals surface area contributed by atoms with E-state index >= 15 is 0 Å². The van der Waals surface area contributed by atoms with Gasteiger partial charge in [-0.05, 0) is 125 Å². The van der Waals surface area contributed by atoms with Crippen molar-refractivity contribution in [2.45, 2.75) is 19.3 Å². The van der Waals surface area contributed by atoms with E-state index in [4.69, 9.17) is 0 Å². The van der Waals surface area contributed by atoms with Crippen LogP contribution in [0.4, 0.5) is 17.1 Å². The van der Waals surface area contributed by atoms with Gasteiger partial charge in [-0.15, -0.1) is 0 Å². The van der Waals surface area contributed by atoms with Gasteiger partial charge in [-0.25, -0.2) is 0 Å². The van der Waals surface area contributed by atoms with Crippen LogP contribution in [0.2, 0.25) is 0 Å². The molecule has 0 atom stereocenters. The first kappa shape index (κ1) is 39.3. The molecule has 66 heavy (non-hydrogen) atoms. The van der Waals surface area contributed by atoms with Gasteiger partial charge in [0.25, 0.3) is 0 Å². The molecule has 1 aliphatic rings. The first-order valence-electron chi connectivity index (χ1n) is 23.0. The molecule has 1 heteroatoms. The average molecular weight is 842 g/mol. The van der Waals surface area contributed by atoms with Crippen molar-refractivity contribution < 1.29 is 0 Å². The Morgan fingerprint density at radius 2 is 0.652 bits per heavy atom. The molecule has 1 aliphatic carbocycles. The van der Waals surface area contributed by atoms with E-state index < -0.39 is 0 Å². The van der Waals surface area contributed by atoms with E-state index in [9.17, 15) is 0 Å². The SMILES string of the molecule is CC1(C)c2cc(-c3ccccc3)ccc2-c2ccc(N(c3ccc(-c4cccc(-c5ccccc5)c4)cc3)c3c(-c4ccc(-c5ccccc5)cc4)c4ccccc4c4ccccc34)cc21.